The maximum atomic E-state index is 12.9. The van der Waals surface area contributed by atoms with Crippen LogP contribution in [0.15, 0.2) is 58.7 Å². The average molecular weight is 394 g/mol. The molecular weight excluding hydrogens is 366 g/mol. The summed E-state index contributed by atoms with van der Waals surface area (Å²) in [6, 6.07) is 16.3. The number of unbranched alkanes of at least 4 members (excludes halogenated alkanes) is 1. The highest BCUT2D eigenvalue weighted by Crippen LogP contribution is 2.32. The Labute approximate surface area is 171 Å². The van der Waals surface area contributed by atoms with Crippen molar-refractivity contribution < 1.29 is 4.79 Å². The number of amides is 1. The molecule has 0 aromatic heterocycles. The molecule has 1 aliphatic heterocycles. The first-order chi connectivity index (χ1) is 13.6. The number of hydrogen-bond acceptors (Lipinski definition) is 4. The molecule has 0 radical (unpaired) electrons. The summed E-state index contributed by atoms with van der Waals surface area (Å²) in [5.41, 5.74) is 4.53. The summed E-state index contributed by atoms with van der Waals surface area (Å²) >= 11 is 1.54. The molecule has 2 aromatic carbocycles. The number of carbonyl (C=O) groups is 1. The van der Waals surface area contributed by atoms with E-state index >= 15 is 0 Å². The number of amidine groups is 1. The van der Waals surface area contributed by atoms with E-state index in [1.54, 1.807) is 22.9 Å². The molecule has 1 saturated heterocycles. The third-order valence-electron chi connectivity index (χ3n) is 4.79. The summed E-state index contributed by atoms with van der Waals surface area (Å²) in [5.74, 6) is 0.141. The van der Waals surface area contributed by atoms with Crippen LogP contribution in [0.1, 0.15) is 48.4 Å². The maximum Gasteiger partial charge on any atom is 0.242 e. The molecule has 1 amide bonds. The highest BCUT2D eigenvalue weighted by Gasteiger charge is 2.37. The topological polar surface area (TPSA) is 45.0 Å². The van der Waals surface area contributed by atoms with Gasteiger partial charge in [0, 0.05) is 0 Å². The molecule has 0 unspecified atom stereocenters. The van der Waals surface area contributed by atoms with E-state index in [2.05, 4.69) is 43.1 Å². The predicted molar refractivity (Wildman–Crippen MR) is 119 cm³/mol. The van der Waals surface area contributed by atoms with Crippen LogP contribution in [0, 0.1) is 13.8 Å². The van der Waals surface area contributed by atoms with E-state index in [-0.39, 0.29) is 11.2 Å². The molecule has 4 nitrogen and oxygen atoms in total. The summed E-state index contributed by atoms with van der Waals surface area (Å²) < 4.78 is 0. The zero-order valence-corrected chi connectivity index (χ0v) is 17.6. The molecule has 2 aromatic rings. The zero-order valence-electron chi connectivity index (χ0n) is 16.8. The number of hydrogen-bond donors (Lipinski definition) is 0. The van der Waals surface area contributed by atoms with E-state index in [9.17, 15) is 4.79 Å². The summed E-state index contributed by atoms with van der Waals surface area (Å²) in [5, 5.41) is 9.36. The number of aryl methyl sites for hydroxylation is 2. The highest BCUT2D eigenvalue weighted by molar-refractivity contribution is 8.15. The molecule has 146 valence electrons. The van der Waals surface area contributed by atoms with Gasteiger partial charge in [-0.2, -0.15) is 5.10 Å². The predicted octanol–water partition coefficient (Wildman–Crippen LogP) is 5.33. The van der Waals surface area contributed by atoms with Gasteiger partial charge in [-0.3, -0.25) is 9.69 Å². The van der Waals surface area contributed by atoms with E-state index in [0.29, 0.717) is 11.7 Å². The SMILES string of the molecule is CCCC[C@@H]1S/C(=N/N=C\c2ccc(C)cc2C)N(Cc2ccccc2)C1=O. The normalized spacial score (nSPS) is 18.5. The molecule has 0 spiro atoms. The van der Waals surface area contributed by atoms with Crippen molar-refractivity contribution in [3.63, 3.8) is 0 Å². The smallest absolute Gasteiger partial charge is 0.242 e. The Kier molecular flexibility index (Phi) is 7.04. The zero-order chi connectivity index (χ0) is 19.9. The molecule has 1 aliphatic rings. The summed E-state index contributed by atoms with van der Waals surface area (Å²) in [4.78, 5) is 14.7. The molecular formula is C23H27N3OS. The van der Waals surface area contributed by atoms with Crippen molar-refractivity contribution >= 4 is 29.1 Å². The van der Waals surface area contributed by atoms with Crippen LogP contribution < -0.4 is 0 Å². The molecule has 0 N–H and O–H groups in total. The van der Waals surface area contributed by atoms with Crippen LogP contribution in [0.5, 0.6) is 0 Å². The van der Waals surface area contributed by atoms with Gasteiger partial charge in [-0.05, 0) is 37.0 Å². The third kappa shape index (κ3) is 5.10. The lowest BCUT2D eigenvalue weighted by molar-refractivity contribution is -0.126. The molecule has 0 bridgehead atoms. The first-order valence-corrected chi connectivity index (χ1v) is 10.7. The van der Waals surface area contributed by atoms with Crippen LogP contribution >= 0.6 is 11.8 Å². The van der Waals surface area contributed by atoms with E-state index < -0.39 is 0 Å². The quantitative estimate of drug-likeness (QED) is 0.471. The minimum absolute atomic E-state index is 0.0567. The Morgan fingerprint density at radius 2 is 1.93 bits per heavy atom. The minimum atomic E-state index is -0.0567. The van der Waals surface area contributed by atoms with Gasteiger partial charge in [0.25, 0.3) is 0 Å². The van der Waals surface area contributed by atoms with Crippen molar-refractivity contribution in [2.24, 2.45) is 10.2 Å². The van der Waals surface area contributed by atoms with Crippen LogP contribution in [0.3, 0.4) is 0 Å². The molecule has 1 heterocycles. The Balaban J connectivity index is 1.80. The molecule has 1 atom stereocenters. The van der Waals surface area contributed by atoms with Crippen molar-refractivity contribution in [2.45, 2.75) is 51.8 Å². The molecule has 5 heteroatoms. The van der Waals surface area contributed by atoms with Crippen molar-refractivity contribution in [1.82, 2.24) is 4.90 Å². The number of nitrogens with zero attached hydrogens (tertiary/aromatic N) is 3. The minimum Gasteiger partial charge on any atom is -0.284 e. The van der Waals surface area contributed by atoms with Gasteiger partial charge in [0.05, 0.1) is 18.0 Å². The maximum absolute atomic E-state index is 12.9. The number of thioether (sulfide) groups is 1. The second-order valence-corrected chi connectivity index (χ2v) is 8.32. The third-order valence-corrected chi connectivity index (χ3v) is 6.02. The molecule has 0 saturated carbocycles. The van der Waals surface area contributed by atoms with Crippen molar-refractivity contribution in [1.29, 1.82) is 0 Å². The standard InChI is InChI=1S/C23H27N3OS/c1-4-5-11-21-22(27)26(16-19-9-7-6-8-10-19)23(28-21)25-24-15-20-13-12-17(2)14-18(20)3/h6-10,12-15,21H,4-5,11,16H2,1-3H3/b24-15-,25-23+/t21-/m0/s1. The summed E-state index contributed by atoms with van der Waals surface area (Å²) in [7, 11) is 0. The molecule has 3 rings (SSSR count). The first kappa shape index (κ1) is 20.3. The second-order valence-electron chi connectivity index (χ2n) is 7.15. The molecule has 1 fully saturated rings. The van der Waals surface area contributed by atoms with Gasteiger partial charge in [0.15, 0.2) is 5.17 Å². The largest absolute Gasteiger partial charge is 0.284 e. The van der Waals surface area contributed by atoms with Gasteiger partial charge < -0.3 is 0 Å². The second kappa shape index (κ2) is 9.69. The van der Waals surface area contributed by atoms with Crippen LogP contribution in [0.4, 0.5) is 0 Å². The van der Waals surface area contributed by atoms with Crippen molar-refractivity contribution in [3.8, 4) is 0 Å². The lowest BCUT2D eigenvalue weighted by Gasteiger charge is -2.15. The Morgan fingerprint density at radius 1 is 1.14 bits per heavy atom. The van der Waals surface area contributed by atoms with E-state index in [4.69, 9.17) is 0 Å². The van der Waals surface area contributed by atoms with Crippen LogP contribution in [-0.4, -0.2) is 27.4 Å². The number of rotatable bonds is 7. The number of benzene rings is 2. The van der Waals surface area contributed by atoms with Gasteiger partial charge >= 0.3 is 0 Å². The first-order valence-electron chi connectivity index (χ1n) is 9.78. The van der Waals surface area contributed by atoms with Crippen molar-refractivity contribution in [2.75, 3.05) is 0 Å². The van der Waals surface area contributed by atoms with Crippen LogP contribution in [0.25, 0.3) is 0 Å². The van der Waals surface area contributed by atoms with Gasteiger partial charge in [-0.1, -0.05) is 85.6 Å². The Hall–Kier alpha value is -2.40. The average Bonchev–Trinajstić information content (AvgIpc) is 2.98. The molecule has 28 heavy (non-hydrogen) atoms. The fraction of sp³-hybridized carbons (Fsp3) is 0.348. The van der Waals surface area contributed by atoms with E-state index in [1.165, 1.54) is 11.1 Å². The Morgan fingerprint density at radius 3 is 2.64 bits per heavy atom. The monoisotopic (exact) mass is 393 g/mol. The van der Waals surface area contributed by atoms with Crippen LogP contribution in [0.2, 0.25) is 0 Å². The fourth-order valence-electron chi connectivity index (χ4n) is 3.18. The van der Waals surface area contributed by atoms with Gasteiger partial charge in [-0.25, -0.2) is 0 Å². The summed E-state index contributed by atoms with van der Waals surface area (Å²) in [6.45, 7) is 6.83. The fourth-order valence-corrected chi connectivity index (χ4v) is 4.32. The van der Waals surface area contributed by atoms with Gasteiger partial charge in [0.2, 0.25) is 5.91 Å². The summed E-state index contributed by atoms with van der Waals surface area (Å²) in [6.07, 6.45) is 4.78. The Bertz CT molecular complexity index is 877. The van der Waals surface area contributed by atoms with E-state index in [1.807, 2.05) is 36.4 Å². The van der Waals surface area contributed by atoms with Gasteiger partial charge in [0.1, 0.15) is 0 Å². The van der Waals surface area contributed by atoms with Gasteiger partial charge in [-0.15, -0.1) is 5.10 Å². The van der Waals surface area contributed by atoms with Crippen LogP contribution in [-0.2, 0) is 11.3 Å². The lowest BCUT2D eigenvalue weighted by Crippen LogP contribution is -2.31. The number of carbonyl (C=O) groups excluding carboxylic acids is 1. The van der Waals surface area contributed by atoms with Crippen molar-refractivity contribution in [3.05, 3.63) is 70.8 Å². The lowest BCUT2D eigenvalue weighted by atomic mass is 10.1. The molecule has 0 aliphatic carbocycles. The van der Waals surface area contributed by atoms with E-state index in [0.717, 1.165) is 30.4 Å². The highest BCUT2D eigenvalue weighted by atomic mass is 32.2.